The number of nitrogens with zero attached hydrogens (tertiary/aromatic N) is 2. The lowest BCUT2D eigenvalue weighted by Gasteiger charge is -2.22. The van der Waals surface area contributed by atoms with Gasteiger partial charge < -0.3 is 20.3 Å². The van der Waals surface area contributed by atoms with Crippen LogP contribution >= 0.6 is 0 Å². The number of anilines is 1. The maximum Gasteiger partial charge on any atom is 0.387 e. The molecule has 0 aliphatic carbocycles. The third-order valence-electron chi connectivity index (χ3n) is 4.52. The zero-order valence-electron chi connectivity index (χ0n) is 17.6. The molecular weight excluding hydrogens is 398 g/mol. The normalized spacial score (nSPS) is 18.8. The van der Waals surface area contributed by atoms with Crippen molar-refractivity contribution in [1.29, 1.82) is 0 Å². The van der Waals surface area contributed by atoms with Crippen LogP contribution in [0, 0.1) is 0 Å². The van der Waals surface area contributed by atoms with E-state index in [1.807, 2.05) is 38.7 Å². The van der Waals surface area contributed by atoms with E-state index in [1.165, 1.54) is 0 Å². The molecule has 1 aromatic rings. The molecule has 0 aromatic heterocycles. The van der Waals surface area contributed by atoms with Crippen LogP contribution in [0.15, 0.2) is 29.3 Å². The largest absolute Gasteiger partial charge is 0.433 e. The standard InChI is InChI=1S/C20H32F2N4O2S/c1-5-23-19(24-11-13-29(27)20(2,3)4)25-15-10-12-26(14-15)16-8-6-7-9-17(16)28-18(21)22/h6-9,15,18H,5,10-14H2,1-4H3,(H2,23,24,25). The Morgan fingerprint density at radius 3 is 2.76 bits per heavy atom. The quantitative estimate of drug-likeness (QED) is 0.490. The lowest BCUT2D eigenvalue weighted by Crippen LogP contribution is -2.45. The number of nitrogens with one attached hydrogen (secondary N) is 2. The highest BCUT2D eigenvalue weighted by atomic mass is 32.2. The fourth-order valence-electron chi connectivity index (χ4n) is 3.07. The minimum atomic E-state index is -2.85. The van der Waals surface area contributed by atoms with Crippen LogP contribution in [0.5, 0.6) is 5.75 Å². The molecule has 9 heteroatoms. The van der Waals surface area contributed by atoms with Gasteiger partial charge in [0.25, 0.3) is 0 Å². The Labute approximate surface area is 174 Å². The van der Waals surface area contributed by atoms with Crippen LogP contribution in [0.2, 0.25) is 0 Å². The minimum Gasteiger partial charge on any atom is -0.433 e. The van der Waals surface area contributed by atoms with E-state index in [0.29, 0.717) is 30.5 Å². The Balaban J connectivity index is 1.96. The van der Waals surface area contributed by atoms with Gasteiger partial charge in [0.05, 0.1) is 12.2 Å². The number of para-hydroxylation sites is 2. The van der Waals surface area contributed by atoms with Crippen molar-refractivity contribution in [1.82, 2.24) is 10.6 Å². The average molecular weight is 431 g/mol. The number of hydrogen-bond acceptors (Lipinski definition) is 4. The molecule has 2 N–H and O–H groups in total. The molecule has 29 heavy (non-hydrogen) atoms. The van der Waals surface area contributed by atoms with Crippen molar-refractivity contribution < 1.29 is 17.7 Å². The second kappa shape index (κ2) is 10.8. The number of ether oxygens (including phenoxy) is 1. The van der Waals surface area contributed by atoms with Crippen molar-refractivity contribution in [3.63, 3.8) is 0 Å². The summed E-state index contributed by atoms with van der Waals surface area (Å²) in [5.41, 5.74) is 0.666. The Bertz CT molecular complexity index is 710. The van der Waals surface area contributed by atoms with Gasteiger partial charge in [-0.2, -0.15) is 8.78 Å². The van der Waals surface area contributed by atoms with E-state index in [9.17, 15) is 13.0 Å². The molecule has 0 saturated carbocycles. The van der Waals surface area contributed by atoms with Gasteiger partial charge in [-0.3, -0.25) is 9.20 Å². The molecule has 0 amide bonds. The smallest absolute Gasteiger partial charge is 0.387 e. The van der Waals surface area contributed by atoms with Gasteiger partial charge >= 0.3 is 6.61 Å². The summed E-state index contributed by atoms with van der Waals surface area (Å²) in [6, 6.07) is 6.98. The van der Waals surface area contributed by atoms with Crippen molar-refractivity contribution in [2.24, 2.45) is 4.99 Å². The first-order chi connectivity index (χ1) is 13.7. The molecule has 1 aliphatic rings. The highest BCUT2D eigenvalue weighted by Gasteiger charge is 2.26. The minimum absolute atomic E-state index is 0.125. The fraction of sp³-hybridized carbons (Fsp3) is 0.650. The predicted octanol–water partition coefficient (Wildman–Crippen LogP) is 2.97. The zero-order valence-corrected chi connectivity index (χ0v) is 18.4. The summed E-state index contributed by atoms with van der Waals surface area (Å²) in [7, 11) is -0.946. The summed E-state index contributed by atoms with van der Waals surface area (Å²) in [5, 5.41) is 6.61. The Morgan fingerprint density at radius 2 is 2.10 bits per heavy atom. The molecule has 1 heterocycles. The summed E-state index contributed by atoms with van der Waals surface area (Å²) >= 11 is 0. The Morgan fingerprint density at radius 1 is 1.38 bits per heavy atom. The third kappa shape index (κ3) is 7.45. The molecule has 164 valence electrons. The number of hydrogen-bond donors (Lipinski definition) is 2. The topological polar surface area (TPSA) is 66.0 Å². The van der Waals surface area contributed by atoms with Crippen molar-refractivity contribution in [3.05, 3.63) is 24.3 Å². The third-order valence-corrected chi connectivity index (χ3v) is 6.44. The van der Waals surface area contributed by atoms with E-state index in [1.54, 1.807) is 18.2 Å². The van der Waals surface area contributed by atoms with Crippen LogP contribution in [0.25, 0.3) is 0 Å². The highest BCUT2D eigenvalue weighted by Crippen LogP contribution is 2.31. The Kier molecular flexibility index (Phi) is 8.67. The molecule has 0 bridgehead atoms. The Hall–Kier alpha value is -1.90. The van der Waals surface area contributed by atoms with Crippen LogP contribution in [-0.2, 0) is 10.8 Å². The number of halogens is 2. The molecule has 2 atom stereocenters. The SMILES string of the molecule is CCNC(=NCCS(=O)C(C)(C)C)NC1CCN(c2ccccc2OC(F)F)C1. The number of aliphatic imine (C=N–C) groups is 1. The van der Waals surface area contributed by atoms with Crippen molar-refractivity contribution in [2.45, 2.75) is 51.5 Å². The first kappa shape index (κ1) is 23.4. The van der Waals surface area contributed by atoms with E-state index in [2.05, 4.69) is 20.4 Å². The van der Waals surface area contributed by atoms with Crippen molar-refractivity contribution in [2.75, 3.05) is 36.8 Å². The summed E-state index contributed by atoms with van der Waals surface area (Å²) in [6.07, 6.45) is 0.849. The predicted molar refractivity (Wildman–Crippen MR) is 116 cm³/mol. The van der Waals surface area contributed by atoms with E-state index >= 15 is 0 Å². The summed E-state index contributed by atoms with van der Waals surface area (Å²) in [5.74, 6) is 1.38. The molecule has 0 spiro atoms. The van der Waals surface area contributed by atoms with E-state index in [4.69, 9.17) is 0 Å². The van der Waals surface area contributed by atoms with Gasteiger partial charge in [0, 0.05) is 47.0 Å². The van der Waals surface area contributed by atoms with Gasteiger partial charge in [0.2, 0.25) is 0 Å². The summed E-state index contributed by atoms with van der Waals surface area (Å²) in [6.45, 7) is 7.59. The molecule has 2 rings (SSSR count). The van der Waals surface area contributed by atoms with Crippen molar-refractivity contribution >= 4 is 22.4 Å². The van der Waals surface area contributed by atoms with E-state index in [0.717, 1.165) is 19.5 Å². The van der Waals surface area contributed by atoms with Crippen LogP contribution in [-0.4, -0.2) is 59.5 Å². The van der Waals surface area contributed by atoms with Gasteiger partial charge in [-0.25, -0.2) is 0 Å². The second-order valence-corrected chi connectivity index (χ2v) is 10.2. The monoisotopic (exact) mass is 430 g/mol. The van der Waals surface area contributed by atoms with Crippen LogP contribution in [0.4, 0.5) is 14.5 Å². The van der Waals surface area contributed by atoms with Crippen LogP contribution < -0.4 is 20.3 Å². The number of benzene rings is 1. The number of rotatable bonds is 8. The first-order valence-corrected chi connectivity index (χ1v) is 11.2. The summed E-state index contributed by atoms with van der Waals surface area (Å²) < 4.78 is 41.9. The van der Waals surface area contributed by atoms with Crippen molar-refractivity contribution in [3.8, 4) is 5.75 Å². The van der Waals surface area contributed by atoms with Gasteiger partial charge in [0.1, 0.15) is 5.75 Å². The molecule has 1 fully saturated rings. The zero-order chi connectivity index (χ0) is 21.4. The molecule has 6 nitrogen and oxygen atoms in total. The first-order valence-electron chi connectivity index (χ1n) is 9.92. The molecule has 2 unspecified atom stereocenters. The van der Waals surface area contributed by atoms with E-state index in [-0.39, 0.29) is 16.5 Å². The van der Waals surface area contributed by atoms with Gasteiger partial charge in [-0.1, -0.05) is 12.1 Å². The molecule has 0 radical (unpaired) electrons. The maximum atomic E-state index is 12.7. The van der Waals surface area contributed by atoms with Crippen LogP contribution in [0.3, 0.4) is 0 Å². The lowest BCUT2D eigenvalue weighted by atomic mass is 10.2. The van der Waals surface area contributed by atoms with E-state index < -0.39 is 17.4 Å². The second-order valence-electron chi connectivity index (χ2n) is 7.84. The van der Waals surface area contributed by atoms with Crippen LogP contribution in [0.1, 0.15) is 34.1 Å². The molecular formula is C20H32F2N4O2S. The molecule has 1 saturated heterocycles. The lowest BCUT2D eigenvalue weighted by molar-refractivity contribution is -0.0495. The molecule has 1 aliphatic heterocycles. The highest BCUT2D eigenvalue weighted by molar-refractivity contribution is 7.86. The van der Waals surface area contributed by atoms with Gasteiger partial charge in [-0.15, -0.1) is 0 Å². The fourth-order valence-corrected chi connectivity index (χ4v) is 3.94. The number of alkyl halides is 2. The number of guanidine groups is 1. The van der Waals surface area contributed by atoms with Gasteiger partial charge in [0.15, 0.2) is 5.96 Å². The summed E-state index contributed by atoms with van der Waals surface area (Å²) in [4.78, 5) is 6.58. The maximum absolute atomic E-state index is 12.7. The average Bonchev–Trinajstić information content (AvgIpc) is 3.09. The molecule has 1 aromatic carbocycles. The van der Waals surface area contributed by atoms with Gasteiger partial charge in [-0.05, 0) is 46.2 Å².